The molecule has 2 rings (SSSR count). The SMILES string of the molecule is CCNC(CC1CCOC1)c1cc(C)ccc1C. The lowest BCUT2D eigenvalue weighted by atomic mass is 9.91. The molecular formula is C16H25NO. The maximum Gasteiger partial charge on any atom is 0.0495 e. The van der Waals surface area contributed by atoms with Gasteiger partial charge in [0.05, 0.1) is 0 Å². The Labute approximate surface area is 111 Å². The highest BCUT2D eigenvalue weighted by Crippen LogP contribution is 2.28. The molecular weight excluding hydrogens is 222 g/mol. The van der Waals surface area contributed by atoms with Gasteiger partial charge in [-0.1, -0.05) is 30.7 Å². The van der Waals surface area contributed by atoms with E-state index in [9.17, 15) is 0 Å². The van der Waals surface area contributed by atoms with E-state index in [1.165, 1.54) is 29.5 Å². The molecule has 1 saturated heterocycles. The van der Waals surface area contributed by atoms with E-state index in [4.69, 9.17) is 4.74 Å². The fourth-order valence-electron chi connectivity index (χ4n) is 2.80. The van der Waals surface area contributed by atoms with Crippen molar-refractivity contribution in [2.24, 2.45) is 5.92 Å². The van der Waals surface area contributed by atoms with E-state index >= 15 is 0 Å². The van der Waals surface area contributed by atoms with Gasteiger partial charge in [0.25, 0.3) is 0 Å². The van der Waals surface area contributed by atoms with Crippen LogP contribution in [0.25, 0.3) is 0 Å². The topological polar surface area (TPSA) is 21.3 Å². The van der Waals surface area contributed by atoms with Gasteiger partial charge in [-0.15, -0.1) is 0 Å². The third kappa shape index (κ3) is 3.33. The molecule has 0 amide bonds. The van der Waals surface area contributed by atoms with E-state index < -0.39 is 0 Å². The zero-order valence-corrected chi connectivity index (χ0v) is 11.8. The number of nitrogens with one attached hydrogen (secondary N) is 1. The molecule has 2 unspecified atom stereocenters. The minimum Gasteiger partial charge on any atom is -0.381 e. The highest BCUT2D eigenvalue weighted by molar-refractivity contribution is 5.33. The van der Waals surface area contributed by atoms with Gasteiger partial charge in [0.1, 0.15) is 0 Å². The summed E-state index contributed by atoms with van der Waals surface area (Å²) < 4.78 is 5.50. The Bertz CT molecular complexity index is 383. The number of hydrogen-bond donors (Lipinski definition) is 1. The van der Waals surface area contributed by atoms with Crippen LogP contribution < -0.4 is 5.32 Å². The summed E-state index contributed by atoms with van der Waals surface area (Å²) in [7, 11) is 0. The van der Waals surface area contributed by atoms with Crippen LogP contribution in [0.2, 0.25) is 0 Å². The summed E-state index contributed by atoms with van der Waals surface area (Å²) in [5.41, 5.74) is 4.20. The molecule has 1 aromatic carbocycles. The number of rotatable bonds is 5. The van der Waals surface area contributed by atoms with Crippen LogP contribution in [-0.2, 0) is 4.74 Å². The Balaban J connectivity index is 2.14. The predicted octanol–water partition coefficient (Wildman–Crippen LogP) is 3.38. The molecule has 0 spiro atoms. The van der Waals surface area contributed by atoms with Crippen molar-refractivity contribution in [1.29, 1.82) is 0 Å². The zero-order valence-electron chi connectivity index (χ0n) is 11.8. The summed E-state index contributed by atoms with van der Waals surface area (Å²) in [6.07, 6.45) is 2.41. The van der Waals surface area contributed by atoms with Crippen molar-refractivity contribution in [1.82, 2.24) is 5.32 Å². The molecule has 1 heterocycles. The number of aryl methyl sites for hydroxylation is 2. The van der Waals surface area contributed by atoms with Crippen molar-refractivity contribution in [3.05, 3.63) is 34.9 Å². The van der Waals surface area contributed by atoms with Crippen molar-refractivity contribution in [2.75, 3.05) is 19.8 Å². The van der Waals surface area contributed by atoms with Crippen LogP contribution in [0.1, 0.15) is 42.5 Å². The van der Waals surface area contributed by atoms with E-state index in [-0.39, 0.29) is 0 Å². The fourth-order valence-corrected chi connectivity index (χ4v) is 2.80. The molecule has 1 aromatic rings. The smallest absolute Gasteiger partial charge is 0.0495 e. The molecule has 0 saturated carbocycles. The second kappa shape index (κ2) is 6.35. The second-order valence-corrected chi connectivity index (χ2v) is 5.44. The van der Waals surface area contributed by atoms with Gasteiger partial charge < -0.3 is 10.1 Å². The summed E-state index contributed by atoms with van der Waals surface area (Å²) in [6.45, 7) is 9.47. The number of benzene rings is 1. The molecule has 1 N–H and O–H groups in total. The van der Waals surface area contributed by atoms with Crippen molar-refractivity contribution >= 4 is 0 Å². The van der Waals surface area contributed by atoms with E-state index in [1.807, 2.05) is 0 Å². The lowest BCUT2D eigenvalue weighted by Gasteiger charge is -2.23. The Kier molecular flexibility index (Phi) is 4.79. The van der Waals surface area contributed by atoms with Crippen molar-refractivity contribution in [2.45, 2.75) is 39.7 Å². The molecule has 2 heteroatoms. The summed E-state index contributed by atoms with van der Waals surface area (Å²) in [5.74, 6) is 0.717. The van der Waals surface area contributed by atoms with Crippen LogP contribution >= 0.6 is 0 Å². The molecule has 0 aliphatic carbocycles. The molecule has 18 heavy (non-hydrogen) atoms. The summed E-state index contributed by atoms with van der Waals surface area (Å²) in [4.78, 5) is 0. The monoisotopic (exact) mass is 247 g/mol. The Morgan fingerprint density at radius 3 is 2.89 bits per heavy atom. The Morgan fingerprint density at radius 2 is 2.22 bits per heavy atom. The van der Waals surface area contributed by atoms with E-state index in [0.29, 0.717) is 12.0 Å². The number of hydrogen-bond acceptors (Lipinski definition) is 2. The normalized spacial score (nSPS) is 21.2. The third-order valence-corrected chi connectivity index (χ3v) is 3.85. The molecule has 100 valence electrons. The van der Waals surface area contributed by atoms with Crippen molar-refractivity contribution < 1.29 is 4.74 Å². The maximum atomic E-state index is 5.50. The maximum absolute atomic E-state index is 5.50. The van der Waals surface area contributed by atoms with Gasteiger partial charge in [-0.05, 0) is 50.3 Å². The third-order valence-electron chi connectivity index (χ3n) is 3.85. The summed E-state index contributed by atoms with van der Waals surface area (Å²) in [5, 5.41) is 3.64. The first-order valence-electron chi connectivity index (χ1n) is 7.09. The summed E-state index contributed by atoms with van der Waals surface area (Å²) >= 11 is 0. The first-order valence-corrected chi connectivity index (χ1v) is 7.09. The van der Waals surface area contributed by atoms with Crippen LogP contribution in [0.3, 0.4) is 0 Å². The molecule has 2 nitrogen and oxygen atoms in total. The van der Waals surface area contributed by atoms with Gasteiger partial charge in [-0.2, -0.15) is 0 Å². The largest absolute Gasteiger partial charge is 0.381 e. The van der Waals surface area contributed by atoms with Crippen molar-refractivity contribution in [3.63, 3.8) is 0 Å². The summed E-state index contributed by atoms with van der Waals surface area (Å²) in [6, 6.07) is 7.24. The highest BCUT2D eigenvalue weighted by Gasteiger charge is 2.22. The van der Waals surface area contributed by atoms with E-state index in [2.05, 4.69) is 44.3 Å². The molecule has 0 aromatic heterocycles. The molecule has 0 radical (unpaired) electrons. The Hall–Kier alpha value is -0.860. The van der Waals surface area contributed by atoms with Crippen LogP contribution in [0.15, 0.2) is 18.2 Å². The quantitative estimate of drug-likeness (QED) is 0.861. The van der Waals surface area contributed by atoms with Gasteiger partial charge in [0, 0.05) is 19.3 Å². The molecule has 2 atom stereocenters. The fraction of sp³-hybridized carbons (Fsp3) is 0.625. The minimum absolute atomic E-state index is 0.474. The molecule has 1 fully saturated rings. The van der Waals surface area contributed by atoms with Gasteiger partial charge >= 0.3 is 0 Å². The number of ether oxygens (including phenoxy) is 1. The van der Waals surface area contributed by atoms with Crippen molar-refractivity contribution in [3.8, 4) is 0 Å². The predicted molar refractivity (Wildman–Crippen MR) is 75.9 cm³/mol. The van der Waals surface area contributed by atoms with Crippen LogP contribution in [0.4, 0.5) is 0 Å². The standard InChI is InChI=1S/C16H25NO/c1-4-17-16(10-14-7-8-18-11-14)15-9-12(2)5-6-13(15)3/h5-6,9,14,16-17H,4,7-8,10-11H2,1-3H3. The van der Waals surface area contributed by atoms with Gasteiger partial charge in [-0.25, -0.2) is 0 Å². The molecule has 1 aliphatic rings. The van der Waals surface area contributed by atoms with Crippen LogP contribution in [0.5, 0.6) is 0 Å². The molecule has 0 bridgehead atoms. The second-order valence-electron chi connectivity index (χ2n) is 5.44. The highest BCUT2D eigenvalue weighted by atomic mass is 16.5. The first-order chi connectivity index (χ1) is 8.70. The molecule has 1 aliphatic heterocycles. The Morgan fingerprint density at radius 1 is 1.39 bits per heavy atom. The average Bonchev–Trinajstić information content (AvgIpc) is 2.85. The van der Waals surface area contributed by atoms with Gasteiger partial charge in [-0.3, -0.25) is 0 Å². The lowest BCUT2D eigenvalue weighted by Crippen LogP contribution is -2.24. The van der Waals surface area contributed by atoms with Crippen LogP contribution in [0, 0.1) is 19.8 Å². The van der Waals surface area contributed by atoms with E-state index in [1.54, 1.807) is 0 Å². The van der Waals surface area contributed by atoms with Gasteiger partial charge in [0.15, 0.2) is 0 Å². The van der Waals surface area contributed by atoms with E-state index in [0.717, 1.165) is 19.8 Å². The first kappa shape index (κ1) is 13.6. The van der Waals surface area contributed by atoms with Crippen LogP contribution in [-0.4, -0.2) is 19.8 Å². The lowest BCUT2D eigenvalue weighted by molar-refractivity contribution is 0.181. The zero-order chi connectivity index (χ0) is 13.0. The van der Waals surface area contributed by atoms with Gasteiger partial charge in [0.2, 0.25) is 0 Å². The minimum atomic E-state index is 0.474. The average molecular weight is 247 g/mol.